The van der Waals surface area contributed by atoms with Crippen LogP contribution in [0.15, 0.2) is 101 Å². The minimum atomic E-state index is -4.36. The fourth-order valence-corrected chi connectivity index (χ4v) is 6.02. The van der Waals surface area contributed by atoms with Crippen LogP contribution in [0.1, 0.15) is 28.4 Å². The van der Waals surface area contributed by atoms with Gasteiger partial charge in [0.1, 0.15) is 4.90 Å². The Bertz CT molecular complexity index is 2070. The number of nitrogens with one attached hydrogen (secondary N) is 4. The summed E-state index contributed by atoms with van der Waals surface area (Å²) in [6, 6.07) is 21.6. The van der Waals surface area contributed by atoms with Crippen LogP contribution in [0.2, 0.25) is 0 Å². The van der Waals surface area contributed by atoms with Crippen molar-refractivity contribution in [3.63, 3.8) is 0 Å². The van der Waals surface area contributed by atoms with Gasteiger partial charge in [-0.1, -0.05) is 48.5 Å². The van der Waals surface area contributed by atoms with Crippen LogP contribution in [0.5, 0.6) is 5.75 Å². The number of urea groups is 1. The number of benzene rings is 4. The summed E-state index contributed by atoms with van der Waals surface area (Å²) < 4.78 is 29.5. The average molecular weight is 644 g/mol. The smallest absolute Gasteiger partial charge is 0.326 e. The third kappa shape index (κ3) is 7.21. The SMILES string of the molecule is NOc1ccc(-c2cccc(NC(=O)Nc3nc4ccc(C(=O)N=O)cc4[nH]3)c2)cc1S(=O)(=O)NC(CC(=O)O)c1ccccc1. The molecule has 1 atom stereocenters. The number of carbonyl (C=O) groups is 3. The van der Waals surface area contributed by atoms with Crippen molar-refractivity contribution in [1.82, 2.24) is 14.7 Å². The van der Waals surface area contributed by atoms with E-state index in [-0.39, 0.29) is 22.2 Å². The molecule has 46 heavy (non-hydrogen) atoms. The molecular weight excluding hydrogens is 618 g/mol. The van der Waals surface area contributed by atoms with E-state index in [1.165, 1.54) is 30.3 Å². The first-order chi connectivity index (χ1) is 22.1. The van der Waals surface area contributed by atoms with E-state index < -0.39 is 40.4 Å². The van der Waals surface area contributed by atoms with Crippen molar-refractivity contribution in [3.05, 3.63) is 107 Å². The van der Waals surface area contributed by atoms with E-state index in [9.17, 15) is 32.8 Å². The highest BCUT2D eigenvalue weighted by Gasteiger charge is 2.27. The zero-order valence-electron chi connectivity index (χ0n) is 23.6. The summed E-state index contributed by atoms with van der Waals surface area (Å²) in [4.78, 5) is 57.9. The summed E-state index contributed by atoms with van der Waals surface area (Å²) in [5, 5.41) is 17.0. The Labute approximate surface area is 260 Å². The van der Waals surface area contributed by atoms with Gasteiger partial charge >= 0.3 is 17.9 Å². The van der Waals surface area contributed by atoms with Crippen LogP contribution in [-0.2, 0) is 14.8 Å². The predicted molar refractivity (Wildman–Crippen MR) is 167 cm³/mol. The average Bonchev–Trinajstić information content (AvgIpc) is 3.45. The van der Waals surface area contributed by atoms with Gasteiger partial charge in [-0.15, -0.1) is 4.91 Å². The van der Waals surface area contributed by atoms with E-state index in [4.69, 9.17) is 10.7 Å². The molecule has 16 heteroatoms. The third-order valence-corrected chi connectivity index (χ3v) is 8.23. The Kier molecular flexibility index (Phi) is 9.13. The van der Waals surface area contributed by atoms with Gasteiger partial charge in [-0.3, -0.25) is 14.9 Å². The lowest BCUT2D eigenvalue weighted by Gasteiger charge is -2.19. The molecule has 0 aliphatic rings. The number of aromatic amines is 1. The van der Waals surface area contributed by atoms with Crippen molar-refractivity contribution in [3.8, 4) is 16.9 Å². The second-order valence-electron chi connectivity index (χ2n) is 9.84. The lowest BCUT2D eigenvalue weighted by Crippen LogP contribution is -2.31. The minimum absolute atomic E-state index is 0.0630. The van der Waals surface area contributed by atoms with Crippen LogP contribution >= 0.6 is 0 Å². The van der Waals surface area contributed by atoms with E-state index in [2.05, 4.69) is 30.5 Å². The quantitative estimate of drug-likeness (QED) is 0.0869. The lowest BCUT2D eigenvalue weighted by atomic mass is 10.0. The number of nitrogens with two attached hydrogens (primary N) is 1. The number of amides is 3. The maximum absolute atomic E-state index is 13.5. The molecule has 5 rings (SSSR count). The summed E-state index contributed by atoms with van der Waals surface area (Å²) in [6.45, 7) is 0. The monoisotopic (exact) mass is 643 g/mol. The molecule has 1 unspecified atom stereocenters. The van der Waals surface area contributed by atoms with Gasteiger partial charge in [0.25, 0.3) is 0 Å². The summed E-state index contributed by atoms with van der Waals surface area (Å²) >= 11 is 0. The fraction of sp³-hybridized carbons (Fsp3) is 0.0667. The molecule has 0 bridgehead atoms. The second-order valence-corrected chi connectivity index (χ2v) is 11.5. The molecule has 0 saturated heterocycles. The number of nitroso groups, excluding NO2 is 1. The van der Waals surface area contributed by atoms with E-state index in [1.54, 1.807) is 60.7 Å². The van der Waals surface area contributed by atoms with Gasteiger partial charge in [0.15, 0.2) is 5.75 Å². The maximum Gasteiger partial charge on any atom is 0.326 e. The van der Waals surface area contributed by atoms with Crippen LogP contribution in [0.4, 0.5) is 16.4 Å². The Morgan fingerprint density at radius 2 is 1.70 bits per heavy atom. The number of aromatic nitrogens is 2. The number of hydrogen-bond acceptors (Lipinski definition) is 9. The highest BCUT2D eigenvalue weighted by molar-refractivity contribution is 7.89. The number of carboxylic acid groups (broad SMARTS) is 1. The summed E-state index contributed by atoms with van der Waals surface area (Å²) in [7, 11) is -4.36. The van der Waals surface area contributed by atoms with Crippen LogP contribution in [0, 0.1) is 4.91 Å². The number of nitrogens with zero attached hydrogens (tertiary/aromatic N) is 2. The van der Waals surface area contributed by atoms with Gasteiger partial charge in [0.05, 0.1) is 23.5 Å². The topological polar surface area (TPSA) is 235 Å². The molecule has 5 aromatic rings. The fourth-order valence-electron chi connectivity index (χ4n) is 4.63. The number of fused-ring (bicyclic) bond motifs is 1. The number of hydrogen-bond donors (Lipinski definition) is 6. The van der Waals surface area contributed by atoms with Gasteiger partial charge in [0.2, 0.25) is 16.0 Å². The van der Waals surface area contributed by atoms with Crippen LogP contribution in [0.3, 0.4) is 0 Å². The molecule has 1 aromatic heterocycles. The van der Waals surface area contributed by atoms with E-state index >= 15 is 0 Å². The van der Waals surface area contributed by atoms with Crippen molar-refractivity contribution in [2.75, 3.05) is 10.6 Å². The first-order valence-corrected chi connectivity index (χ1v) is 14.9. The van der Waals surface area contributed by atoms with Crippen LogP contribution in [-0.4, -0.2) is 41.4 Å². The summed E-state index contributed by atoms with van der Waals surface area (Å²) in [5.74, 6) is 3.13. The number of carboxylic acids is 1. The molecule has 0 saturated carbocycles. The van der Waals surface area contributed by atoms with Crippen molar-refractivity contribution < 1.29 is 32.7 Å². The molecule has 15 nitrogen and oxygen atoms in total. The number of carbonyl (C=O) groups excluding carboxylic acids is 2. The first-order valence-electron chi connectivity index (χ1n) is 13.4. The van der Waals surface area contributed by atoms with E-state index in [1.807, 2.05) is 0 Å². The summed E-state index contributed by atoms with van der Waals surface area (Å²) in [6.07, 6.45) is -0.510. The van der Waals surface area contributed by atoms with Gasteiger partial charge in [-0.25, -0.2) is 22.9 Å². The van der Waals surface area contributed by atoms with Crippen LogP contribution in [0.25, 0.3) is 22.2 Å². The molecule has 4 aromatic carbocycles. The number of imidazole rings is 1. The van der Waals surface area contributed by atoms with Crippen molar-refractivity contribution in [2.45, 2.75) is 17.4 Å². The minimum Gasteiger partial charge on any atom is -0.481 e. The molecule has 1 heterocycles. The van der Waals surface area contributed by atoms with Gasteiger partial charge < -0.3 is 20.2 Å². The van der Waals surface area contributed by atoms with Crippen molar-refractivity contribution in [1.29, 1.82) is 0 Å². The Balaban J connectivity index is 1.36. The lowest BCUT2D eigenvalue weighted by molar-refractivity contribution is -0.137. The van der Waals surface area contributed by atoms with Gasteiger partial charge in [0, 0.05) is 16.4 Å². The standard InChI is InChI=1S/C30H25N7O8S/c31-45-25-12-10-19(15-26(25)46(43,44)37-23(16-27(38)39)17-5-2-1-3-6-17)18-7-4-8-21(13-18)32-30(41)35-29-33-22-11-9-20(28(40)36-42)14-24(22)34-29/h1-15,23,37H,16,31H2,(H,38,39)(H3,32,33,34,35,41). The highest BCUT2D eigenvalue weighted by atomic mass is 32.2. The molecule has 0 radical (unpaired) electrons. The molecule has 7 N–H and O–H groups in total. The first kappa shape index (κ1) is 31.5. The molecule has 0 aliphatic heterocycles. The third-order valence-electron chi connectivity index (χ3n) is 6.74. The Morgan fingerprint density at radius 1 is 0.935 bits per heavy atom. The molecular formula is C30H25N7O8S. The summed E-state index contributed by atoms with van der Waals surface area (Å²) in [5.41, 5.74) is 2.64. The second kappa shape index (κ2) is 13.3. The molecule has 0 aliphatic carbocycles. The number of sulfonamides is 1. The molecule has 3 amide bonds. The normalized spacial score (nSPS) is 11.8. The highest BCUT2D eigenvalue weighted by Crippen LogP contribution is 2.32. The molecule has 0 spiro atoms. The van der Waals surface area contributed by atoms with Gasteiger partial charge in [-0.05, 0) is 59.2 Å². The maximum atomic E-state index is 13.5. The van der Waals surface area contributed by atoms with E-state index in [0.29, 0.717) is 33.4 Å². The largest absolute Gasteiger partial charge is 0.481 e. The van der Waals surface area contributed by atoms with Crippen molar-refractivity contribution >= 4 is 50.6 Å². The predicted octanol–water partition coefficient (Wildman–Crippen LogP) is 4.53. The number of H-pyrrole nitrogens is 1. The zero-order valence-corrected chi connectivity index (χ0v) is 24.4. The zero-order chi connectivity index (χ0) is 32.8. The van der Waals surface area contributed by atoms with Crippen molar-refractivity contribution in [2.24, 2.45) is 11.1 Å². The van der Waals surface area contributed by atoms with E-state index in [0.717, 1.165) is 0 Å². The molecule has 234 valence electrons. The number of aliphatic carboxylic acids is 1. The van der Waals surface area contributed by atoms with Crippen LogP contribution < -0.4 is 26.1 Å². The molecule has 0 fully saturated rings. The Morgan fingerprint density at radius 3 is 2.41 bits per heavy atom. The number of anilines is 2. The number of rotatable bonds is 11. The Hall–Kier alpha value is -5.97. The van der Waals surface area contributed by atoms with Gasteiger partial charge in [-0.2, -0.15) is 5.90 Å².